The molecule has 0 spiro atoms. The number of carbonyl (C=O) groups is 1. The van der Waals surface area contributed by atoms with Crippen molar-refractivity contribution in [3.8, 4) is 0 Å². The Hall–Kier alpha value is -2.62. The molecule has 0 atom stereocenters. The molecule has 3 aromatic rings. The van der Waals surface area contributed by atoms with Gasteiger partial charge in [0.15, 0.2) is 0 Å². The van der Waals surface area contributed by atoms with Crippen LogP contribution in [-0.4, -0.2) is 22.0 Å². The number of hydrogen-bond donors (Lipinski definition) is 1. The first-order valence-electron chi connectivity index (χ1n) is 8.78. The van der Waals surface area contributed by atoms with Gasteiger partial charge in [0.05, 0.1) is 11.0 Å². The maximum atomic E-state index is 12.4. The predicted octanol–water partition coefficient (Wildman–Crippen LogP) is 4.21. The van der Waals surface area contributed by atoms with Crippen LogP contribution < -0.4 is 5.32 Å². The van der Waals surface area contributed by atoms with Gasteiger partial charge in [-0.1, -0.05) is 18.2 Å². The second-order valence-corrected chi connectivity index (χ2v) is 6.79. The largest absolute Gasteiger partial charge is 0.352 e. The first kappa shape index (κ1) is 17.2. The molecule has 0 aliphatic rings. The third-order valence-corrected chi connectivity index (χ3v) is 4.59. The topological polar surface area (TPSA) is 46.9 Å². The molecule has 130 valence electrons. The van der Waals surface area contributed by atoms with E-state index >= 15 is 0 Å². The Labute approximate surface area is 148 Å². The van der Waals surface area contributed by atoms with Gasteiger partial charge in [0.1, 0.15) is 5.82 Å². The van der Waals surface area contributed by atoms with Gasteiger partial charge in [-0.05, 0) is 63.1 Å². The molecule has 3 rings (SSSR count). The van der Waals surface area contributed by atoms with Crippen LogP contribution in [-0.2, 0) is 6.42 Å². The molecule has 0 fully saturated rings. The molecule has 2 aromatic carbocycles. The molecule has 4 heteroatoms. The Bertz CT molecular complexity index is 909. The van der Waals surface area contributed by atoms with E-state index in [1.165, 1.54) is 5.56 Å². The van der Waals surface area contributed by atoms with Crippen LogP contribution >= 0.6 is 0 Å². The van der Waals surface area contributed by atoms with Crippen LogP contribution in [0.4, 0.5) is 0 Å². The van der Waals surface area contributed by atoms with Crippen LogP contribution in [0.2, 0.25) is 0 Å². The number of amides is 1. The van der Waals surface area contributed by atoms with Crippen LogP contribution in [0.3, 0.4) is 0 Å². The monoisotopic (exact) mass is 335 g/mol. The summed E-state index contributed by atoms with van der Waals surface area (Å²) in [5, 5.41) is 3.01. The van der Waals surface area contributed by atoms with Crippen molar-refractivity contribution in [2.75, 3.05) is 6.54 Å². The summed E-state index contributed by atoms with van der Waals surface area (Å²) in [6, 6.07) is 14.3. The summed E-state index contributed by atoms with van der Waals surface area (Å²) < 4.78 is 2.25. The van der Waals surface area contributed by atoms with Gasteiger partial charge in [0.2, 0.25) is 0 Å². The number of rotatable bonds is 5. The molecule has 0 aliphatic carbocycles. The Balaban J connectivity index is 1.71. The van der Waals surface area contributed by atoms with E-state index in [1.807, 2.05) is 50.2 Å². The number of nitrogens with one attached hydrogen (secondary N) is 1. The minimum atomic E-state index is -0.0321. The lowest BCUT2D eigenvalue weighted by molar-refractivity contribution is 0.0954. The van der Waals surface area contributed by atoms with Gasteiger partial charge >= 0.3 is 0 Å². The zero-order valence-corrected chi connectivity index (χ0v) is 15.3. The summed E-state index contributed by atoms with van der Waals surface area (Å²) in [5.41, 5.74) is 5.19. The minimum Gasteiger partial charge on any atom is -0.352 e. The van der Waals surface area contributed by atoms with Gasteiger partial charge in [-0.2, -0.15) is 0 Å². The maximum absolute atomic E-state index is 12.4. The van der Waals surface area contributed by atoms with Crippen molar-refractivity contribution in [2.45, 2.75) is 40.2 Å². The highest BCUT2D eigenvalue weighted by Gasteiger charge is 2.13. The molecule has 0 bridgehead atoms. The number of aromatic nitrogens is 2. The SMILES string of the molecule is Cc1ccc(C(=O)NCCc2nc3ccccc3n2C(C)C)cc1C. The fourth-order valence-corrected chi connectivity index (χ4v) is 3.12. The van der Waals surface area contributed by atoms with Gasteiger partial charge in [0.25, 0.3) is 5.91 Å². The molecule has 0 radical (unpaired) electrons. The zero-order chi connectivity index (χ0) is 18.0. The average Bonchev–Trinajstić information content (AvgIpc) is 2.95. The summed E-state index contributed by atoms with van der Waals surface area (Å²) in [6.45, 7) is 8.96. The van der Waals surface area contributed by atoms with Gasteiger partial charge in [-0.3, -0.25) is 4.79 Å². The summed E-state index contributed by atoms with van der Waals surface area (Å²) in [6.07, 6.45) is 0.712. The number of fused-ring (bicyclic) bond motifs is 1. The summed E-state index contributed by atoms with van der Waals surface area (Å²) in [4.78, 5) is 17.1. The number of carbonyl (C=O) groups excluding carboxylic acids is 1. The Morgan fingerprint density at radius 3 is 2.60 bits per heavy atom. The predicted molar refractivity (Wildman–Crippen MR) is 102 cm³/mol. The van der Waals surface area contributed by atoms with Gasteiger partial charge in [-0.15, -0.1) is 0 Å². The first-order valence-corrected chi connectivity index (χ1v) is 8.78. The van der Waals surface area contributed by atoms with Gasteiger partial charge in [-0.25, -0.2) is 4.98 Å². The number of benzene rings is 2. The van der Waals surface area contributed by atoms with Gasteiger partial charge < -0.3 is 9.88 Å². The lowest BCUT2D eigenvalue weighted by atomic mass is 10.1. The second-order valence-electron chi connectivity index (χ2n) is 6.79. The molecule has 25 heavy (non-hydrogen) atoms. The van der Waals surface area contributed by atoms with Crippen molar-refractivity contribution in [2.24, 2.45) is 0 Å². The number of imidazole rings is 1. The number of hydrogen-bond acceptors (Lipinski definition) is 2. The van der Waals surface area contributed by atoms with E-state index in [0.717, 1.165) is 22.4 Å². The summed E-state index contributed by atoms with van der Waals surface area (Å²) >= 11 is 0. The Morgan fingerprint density at radius 2 is 1.88 bits per heavy atom. The van der Waals surface area contributed by atoms with E-state index < -0.39 is 0 Å². The molecule has 1 amide bonds. The average molecular weight is 335 g/mol. The van der Waals surface area contributed by atoms with Crippen molar-refractivity contribution < 1.29 is 4.79 Å². The van der Waals surface area contributed by atoms with Crippen LogP contribution in [0.25, 0.3) is 11.0 Å². The lowest BCUT2D eigenvalue weighted by Gasteiger charge is -2.13. The van der Waals surface area contributed by atoms with E-state index in [1.54, 1.807) is 0 Å². The molecule has 1 N–H and O–H groups in total. The fraction of sp³-hybridized carbons (Fsp3) is 0.333. The van der Waals surface area contributed by atoms with Crippen molar-refractivity contribution in [1.82, 2.24) is 14.9 Å². The van der Waals surface area contributed by atoms with E-state index in [2.05, 4.69) is 29.8 Å². The normalized spacial score (nSPS) is 11.2. The third kappa shape index (κ3) is 3.58. The summed E-state index contributed by atoms with van der Waals surface area (Å²) in [7, 11) is 0. The molecule has 0 saturated heterocycles. The van der Waals surface area contributed by atoms with Crippen molar-refractivity contribution in [3.05, 3.63) is 65.0 Å². The van der Waals surface area contributed by atoms with Gasteiger partial charge in [0, 0.05) is 24.6 Å². The molecular formula is C21H25N3O. The minimum absolute atomic E-state index is 0.0321. The van der Waals surface area contributed by atoms with Crippen molar-refractivity contribution in [3.63, 3.8) is 0 Å². The quantitative estimate of drug-likeness (QED) is 0.759. The van der Waals surface area contributed by atoms with Crippen LogP contribution in [0, 0.1) is 13.8 Å². The maximum Gasteiger partial charge on any atom is 0.251 e. The van der Waals surface area contributed by atoms with Crippen molar-refractivity contribution in [1.29, 1.82) is 0 Å². The standard InChI is InChI=1S/C21H25N3O/c1-14(2)24-19-8-6-5-7-18(19)23-20(24)11-12-22-21(25)17-10-9-15(3)16(4)13-17/h5-10,13-14H,11-12H2,1-4H3,(H,22,25). The van der Waals surface area contributed by atoms with E-state index in [9.17, 15) is 4.79 Å². The highest BCUT2D eigenvalue weighted by molar-refractivity contribution is 5.94. The molecule has 0 aliphatic heterocycles. The second kappa shape index (κ2) is 7.09. The third-order valence-electron chi connectivity index (χ3n) is 4.59. The number of nitrogens with zero attached hydrogens (tertiary/aromatic N) is 2. The smallest absolute Gasteiger partial charge is 0.251 e. The van der Waals surface area contributed by atoms with Crippen molar-refractivity contribution >= 4 is 16.9 Å². The molecule has 0 unspecified atom stereocenters. The first-order chi connectivity index (χ1) is 12.0. The van der Waals surface area contributed by atoms with E-state index in [-0.39, 0.29) is 5.91 Å². The summed E-state index contributed by atoms with van der Waals surface area (Å²) in [5.74, 6) is 0.979. The lowest BCUT2D eigenvalue weighted by Crippen LogP contribution is -2.26. The Kier molecular flexibility index (Phi) is 4.88. The number of para-hydroxylation sites is 2. The molecular weight excluding hydrogens is 310 g/mol. The Morgan fingerprint density at radius 1 is 1.12 bits per heavy atom. The zero-order valence-electron chi connectivity index (χ0n) is 15.3. The molecule has 0 saturated carbocycles. The van der Waals surface area contributed by atoms with Crippen LogP contribution in [0.1, 0.15) is 47.2 Å². The fourth-order valence-electron chi connectivity index (χ4n) is 3.12. The van der Waals surface area contributed by atoms with E-state index in [0.29, 0.717) is 24.6 Å². The highest BCUT2D eigenvalue weighted by Crippen LogP contribution is 2.21. The molecule has 1 heterocycles. The van der Waals surface area contributed by atoms with E-state index in [4.69, 9.17) is 4.98 Å². The molecule has 4 nitrogen and oxygen atoms in total. The molecule has 1 aromatic heterocycles. The number of aryl methyl sites for hydroxylation is 2. The van der Waals surface area contributed by atoms with Crippen LogP contribution in [0.5, 0.6) is 0 Å². The highest BCUT2D eigenvalue weighted by atomic mass is 16.1. The van der Waals surface area contributed by atoms with Crippen LogP contribution in [0.15, 0.2) is 42.5 Å².